The van der Waals surface area contributed by atoms with E-state index < -0.39 is 0 Å². The molecule has 5 heteroatoms. The maximum atomic E-state index is 9.32. The lowest BCUT2D eigenvalue weighted by Crippen LogP contribution is -2.03. The summed E-state index contributed by atoms with van der Waals surface area (Å²) in [5, 5.41) is 26.6. The van der Waals surface area contributed by atoms with Crippen LogP contribution >= 0.6 is 0 Å². The van der Waals surface area contributed by atoms with Crippen molar-refractivity contribution in [2.45, 2.75) is 6.54 Å². The Morgan fingerprint density at radius 3 is 2.10 bits per heavy atom. The van der Waals surface area contributed by atoms with Gasteiger partial charge in [0.1, 0.15) is 11.5 Å². The molecule has 0 saturated carbocycles. The summed E-state index contributed by atoms with van der Waals surface area (Å²) in [6.45, 7) is 0.566. The van der Waals surface area contributed by atoms with E-state index in [-0.39, 0.29) is 11.5 Å². The van der Waals surface area contributed by atoms with Crippen molar-refractivity contribution in [2.75, 3.05) is 0 Å². The highest BCUT2D eigenvalue weighted by atomic mass is 16.3. The van der Waals surface area contributed by atoms with Crippen LogP contribution in [0.25, 0.3) is 11.3 Å². The number of aromatic nitrogens is 3. The molecule has 0 spiro atoms. The number of rotatable bonds is 3. The molecule has 20 heavy (non-hydrogen) atoms. The maximum absolute atomic E-state index is 9.32. The number of phenols is 2. The molecular weight excluding hydrogens is 254 g/mol. The van der Waals surface area contributed by atoms with Gasteiger partial charge in [-0.2, -0.15) is 0 Å². The van der Waals surface area contributed by atoms with Crippen LogP contribution in [0.5, 0.6) is 11.5 Å². The van der Waals surface area contributed by atoms with Gasteiger partial charge in [0.15, 0.2) is 0 Å². The zero-order valence-corrected chi connectivity index (χ0v) is 10.6. The number of benzene rings is 2. The molecule has 0 bridgehead atoms. The molecular formula is C15H13N3O2. The number of nitrogens with zero attached hydrogens (tertiary/aromatic N) is 3. The normalized spacial score (nSPS) is 10.6. The minimum Gasteiger partial charge on any atom is -0.508 e. The van der Waals surface area contributed by atoms with Crippen molar-refractivity contribution in [3.8, 4) is 22.8 Å². The van der Waals surface area contributed by atoms with Gasteiger partial charge in [-0.25, -0.2) is 4.68 Å². The van der Waals surface area contributed by atoms with Crippen LogP contribution < -0.4 is 0 Å². The van der Waals surface area contributed by atoms with Crippen LogP contribution in [0.3, 0.4) is 0 Å². The molecule has 0 aliphatic rings. The van der Waals surface area contributed by atoms with Crippen molar-refractivity contribution >= 4 is 0 Å². The van der Waals surface area contributed by atoms with Crippen molar-refractivity contribution in [2.24, 2.45) is 0 Å². The first kappa shape index (κ1) is 12.2. The highest BCUT2D eigenvalue weighted by Crippen LogP contribution is 2.21. The fraction of sp³-hybridized carbons (Fsp3) is 0.0667. The van der Waals surface area contributed by atoms with Gasteiger partial charge in [-0.15, -0.1) is 5.10 Å². The van der Waals surface area contributed by atoms with E-state index >= 15 is 0 Å². The molecule has 0 amide bonds. The number of hydrogen-bond acceptors (Lipinski definition) is 4. The van der Waals surface area contributed by atoms with Gasteiger partial charge in [-0.05, 0) is 42.0 Å². The molecule has 100 valence electrons. The number of aromatic hydroxyl groups is 2. The standard InChI is InChI=1S/C15H13N3O2/c19-13-5-1-11(2-6-13)10-18-15(9-16-17-18)12-3-7-14(20)8-4-12/h1-9,19-20H,10H2. The zero-order valence-electron chi connectivity index (χ0n) is 10.6. The molecule has 2 N–H and O–H groups in total. The Kier molecular flexibility index (Phi) is 3.09. The molecule has 3 rings (SSSR count). The van der Waals surface area contributed by atoms with Crippen molar-refractivity contribution in [1.29, 1.82) is 0 Å². The topological polar surface area (TPSA) is 71.2 Å². The molecule has 0 atom stereocenters. The fourth-order valence-electron chi connectivity index (χ4n) is 2.00. The Labute approximate surface area is 115 Å². The molecule has 1 heterocycles. The molecule has 0 fully saturated rings. The summed E-state index contributed by atoms with van der Waals surface area (Å²) in [5.41, 5.74) is 2.83. The summed E-state index contributed by atoms with van der Waals surface area (Å²) < 4.78 is 1.78. The molecule has 1 aromatic heterocycles. The Morgan fingerprint density at radius 2 is 1.45 bits per heavy atom. The monoisotopic (exact) mass is 267 g/mol. The van der Waals surface area contributed by atoms with Crippen LogP contribution in [0.2, 0.25) is 0 Å². The van der Waals surface area contributed by atoms with Gasteiger partial charge in [0.05, 0.1) is 18.4 Å². The quantitative estimate of drug-likeness (QED) is 0.764. The summed E-state index contributed by atoms with van der Waals surface area (Å²) in [5.74, 6) is 0.470. The minimum absolute atomic E-state index is 0.228. The second kappa shape index (κ2) is 5.05. The molecule has 5 nitrogen and oxygen atoms in total. The van der Waals surface area contributed by atoms with Gasteiger partial charge >= 0.3 is 0 Å². The molecule has 0 unspecified atom stereocenters. The molecule has 3 aromatic rings. The molecule has 0 aliphatic carbocycles. The highest BCUT2D eigenvalue weighted by Gasteiger charge is 2.07. The SMILES string of the molecule is Oc1ccc(Cn2nncc2-c2ccc(O)cc2)cc1. The van der Waals surface area contributed by atoms with Crippen molar-refractivity contribution in [3.05, 3.63) is 60.3 Å². The van der Waals surface area contributed by atoms with Crippen molar-refractivity contribution < 1.29 is 10.2 Å². The third kappa shape index (κ3) is 2.47. The third-order valence-corrected chi connectivity index (χ3v) is 3.05. The van der Waals surface area contributed by atoms with Crippen LogP contribution in [-0.2, 0) is 6.54 Å². The van der Waals surface area contributed by atoms with Crippen molar-refractivity contribution in [3.63, 3.8) is 0 Å². The Bertz CT molecular complexity index is 703. The van der Waals surface area contributed by atoms with E-state index in [2.05, 4.69) is 10.3 Å². The van der Waals surface area contributed by atoms with Crippen LogP contribution in [0, 0.1) is 0 Å². The van der Waals surface area contributed by atoms with E-state index in [0.29, 0.717) is 6.54 Å². The minimum atomic E-state index is 0.228. The smallest absolute Gasteiger partial charge is 0.115 e. The third-order valence-electron chi connectivity index (χ3n) is 3.05. The maximum Gasteiger partial charge on any atom is 0.115 e. The summed E-state index contributed by atoms with van der Waals surface area (Å²) in [4.78, 5) is 0. The van der Waals surface area contributed by atoms with Gasteiger partial charge in [-0.1, -0.05) is 17.3 Å². The lowest BCUT2D eigenvalue weighted by atomic mass is 10.1. The van der Waals surface area contributed by atoms with E-state index in [4.69, 9.17) is 0 Å². The summed E-state index contributed by atoms with van der Waals surface area (Å²) in [6, 6.07) is 13.9. The van der Waals surface area contributed by atoms with Gasteiger partial charge in [-0.3, -0.25) is 0 Å². The lowest BCUT2D eigenvalue weighted by molar-refractivity contribution is 0.474. The molecule has 0 aliphatic heterocycles. The zero-order chi connectivity index (χ0) is 13.9. The first-order valence-electron chi connectivity index (χ1n) is 6.18. The summed E-state index contributed by atoms with van der Waals surface area (Å²) in [6.07, 6.45) is 1.69. The predicted octanol–water partition coefficient (Wildman–Crippen LogP) is 2.40. The van der Waals surface area contributed by atoms with Gasteiger partial charge < -0.3 is 10.2 Å². The van der Waals surface area contributed by atoms with E-state index in [9.17, 15) is 10.2 Å². The van der Waals surface area contributed by atoms with Gasteiger partial charge in [0.2, 0.25) is 0 Å². The largest absolute Gasteiger partial charge is 0.508 e. The average molecular weight is 267 g/mol. The van der Waals surface area contributed by atoms with Crippen molar-refractivity contribution in [1.82, 2.24) is 15.0 Å². The number of phenolic OH excluding ortho intramolecular Hbond substituents is 2. The second-order valence-corrected chi connectivity index (χ2v) is 4.49. The Balaban J connectivity index is 1.90. The van der Waals surface area contributed by atoms with Crippen LogP contribution in [0.1, 0.15) is 5.56 Å². The average Bonchev–Trinajstić information content (AvgIpc) is 2.90. The summed E-state index contributed by atoms with van der Waals surface area (Å²) in [7, 11) is 0. The van der Waals surface area contributed by atoms with E-state index in [1.807, 2.05) is 24.3 Å². The summed E-state index contributed by atoms with van der Waals surface area (Å²) >= 11 is 0. The first-order chi connectivity index (χ1) is 9.72. The molecule has 2 aromatic carbocycles. The lowest BCUT2D eigenvalue weighted by Gasteiger charge is -2.07. The Hall–Kier alpha value is -2.82. The van der Waals surface area contributed by atoms with Crippen LogP contribution in [0.15, 0.2) is 54.7 Å². The fourth-order valence-corrected chi connectivity index (χ4v) is 2.00. The van der Waals surface area contributed by atoms with Crippen LogP contribution in [-0.4, -0.2) is 25.2 Å². The van der Waals surface area contributed by atoms with E-state index in [0.717, 1.165) is 16.8 Å². The molecule has 0 radical (unpaired) electrons. The van der Waals surface area contributed by atoms with Crippen LogP contribution in [0.4, 0.5) is 0 Å². The molecule has 0 saturated heterocycles. The predicted molar refractivity (Wildman–Crippen MR) is 74.3 cm³/mol. The van der Waals surface area contributed by atoms with E-state index in [1.165, 1.54) is 0 Å². The van der Waals surface area contributed by atoms with E-state index in [1.54, 1.807) is 35.1 Å². The number of hydrogen-bond donors (Lipinski definition) is 2. The highest BCUT2D eigenvalue weighted by molar-refractivity contribution is 5.59. The second-order valence-electron chi connectivity index (χ2n) is 4.49. The Morgan fingerprint density at radius 1 is 0.850 bits per heavy atom. The first-order valence-corrected chi connectivity index (χ1v) is 6.18. The van der Waals surface area contributed by atoms with Gasteiger partial charge in [0, 0.05) is 5.56 Å². The van der Waals surface area contributed by atoms with Gasteiger partial charge in [0.25, 0.3) is 0 Å².